The predicted octanol–water partition coefficient (Wildman–Crippen LogP) is 2.40. The molecule has 0 spiro atoms. The largest absolute Gasteiger partial charge is 0.468 e. The van der Waals surface area contributed by atoms with Crippen molar-refractivity contribution in [2.24, 2.45) is 11.1 Å². The number of nitrogens with two attached hydrogens (primary N) is 1. The van der Waals surface area contributed by atoms with Crippen LogP contribution >= 0.6 is 0 Å². The molecule has 1 heterocycles. The highest BCUT2D eigenvalue weighted by Crippen LogP contribution is 2.25. The van der Waals surface area contributed by atoms with Crippen LogP contribution in [0.2, 0.25) is 0 Å². The van der Waals surface area contributed by atoms with E-state index < -0.39 is 18.2 Å². The Hall–Kier alpha value is -1.83. The summed E-state index contributed by atoms with van der Waals surface area (Å²) in [6, 6.07) is 3.12. The first-order valence-electron chi connectivity index (χ1n) is 7.39. The van der Waals surface area contributed by atoms with Crippen LogP contribution in [0.5, 0.6) is 5.88 Å². The number of rotatable bonds is 8. The quantitative estimate of drug-likeness (QED) is 0.766. The van der Waals surface area contributed by atoms with Crippen LogP contribution in [-0.4, -0.2) is 30.2 Å². The van der Waals surface area contributed by atoms with Gasteiger partial charge in [-0.1, -0.05) is 19.9 Å². The third kappa shape index (κ3) is 5.38. The van der Waals surface area contributed by atoms with E-state index in [1.807, 2.05) is 13.8 Å². The molecule has 3 N–H and O–H groups in total. The molecule has 0 saturated heterocycles. The molecule has 1 amide bonds. The molecule has 0 saturated carbocycles. The molecule has 23 heavy (non-hydrogen) atoms. The Morgan fingerprint density at radius 2 is 2.00 bits per heavy atom. The number of alkyl halides is 3. The first-order valence-corrected chi connectivity index (χ1v) is 7.39. The average Bonchev–Trinajstić information content (AvgIpc) is 2.53. The van der Waals surface area contributed by atoms with Gasteiger partial charge in [0, 0.05) is 24.8 Å². The topological polar surface area (TPSA) is 77.2 Å². The van der Waals surface area contributed by atoms with Gasteiger partial charge in [0.25, 0.3) is 0 Å². The van der Waals surface area contributed by atoms with E-state index in [0.717, 1.165) is 0 Å². The van der Waals surface area contributed by atoms with E-state index in [-0.39, 0.29) is 24.9 Å². The van der Waals surface area contributed by atoms with Gasteiger partial charge in [0.05, 0.1) is 5.41 Å². The highest BCUT2D eigenvalue weighted by atomic mass is 19.4. The number of amides is 1. The van der Waals surface area contributed by atoms with Crippen molar-refractivity contribution in [1.82, 2.24) is 10.3 Å². The molecule has 1 aromatic rings. The van der Waals surface area contributed by atoms with E-state index in [0.29, 0.717) is 18.4 Å². The molecule has 5 nitrogen and oxygen atoms in total. The summed E-state index contributed by atoms with van der Waals surface area (Å²) >= 11 is 0. The Bertz CT molecular complexity index is 509. The average molecular weight is 333 g/mol. The number of carbonyl (C=O) groups is 1. The number of hydrogen-bond donors (Lipinski definition) is 2. The van der Waals surface area contributed by atoms with Crippen LogP contribution < -0.4 is 15.8 Å². The summed E-state index contributed by atoms with van der Waals surface area (Å²) in [5, 5.41) is 2.71. The minimum absolute atomic E-state index is 0.0294. The van der Waals surface area contributed by atoms with Gasteiger partial charge in [-0.15, -0.1) is 0 Å². The number of hydrogen-bond acceptors (Lipinski definition) is 4. The maximum absolute atomic E-state index is 12.3. The molecule has 0 aliphatic carbocycles. The highest BCUT2D eigenvalue weighted by Gasteiger charge is 2.33. The molecule has 0 aliphatic rings. The fourth-order valence-electron chi connectivity index (χ4n) is 2.15. The first-order chi connectivity index (χ1) is 10.8. The monoisotopic (exact) mass is 333 g/mol. The molecule has 1 aromatic heterocycles. The van der Waals surface area contributed by atoms with Crippen molar-refractivity contribution in [2.45, 2.75) is 39.4 Å². The van der Waals surface area contributed by atoms with Crippen molar-refractivity contribution in [2.75, 3.05) is 13.2 Å². The number of ether oxygens (including phenoxy) is 1. The maximum Gasteiger partial charge on any atom is 0.422 e. The number of aromatic nitrogens is 1. The Kier molecular flexibility index (Phi) is 6.80. The molecular weight excluding hydrogens is 311 g/mol. The summed E-state index contributed by atoms with van der Waals surface area (Å²) < 4.78 is 41.4. The summed E-state index contributed by atoms with van der Waals surface area (Å²) in [4.78, 5) is 16.1. The first kappa shape index (κ1) is 19.2. The van der Waals surface area contributed by atoms with Crippen molar-refractivity contribution >= 4 is 5.91 Å². The van der Waals surface area contributed by atoms with Gasteiger partial charge in [-0.05, 0) is 18.9 Å². The summed E-state index contributed by atoms with van der Waals surface area (Å²) in [6.45, 7) is 2.55. The van der Waals surface area contributed by atoms with Crippen LogP contribution in [0.1, 0.15) is 32.3 Å². The van der Waals surface area contributed by atoms with Gasteiger partial charge >= 0.3 is 6.18 Å². The highest BCUT2D eigenvalue weighted by molar-refractivity contribution is 5.82. The minimum Gasteiger partial charge on any atom is -0.468 e. The molecule has 0 fully saturated rings. The van der Waals surface area contributed by atoms with E-state index >= 15 is 0 Å². The fourth-order valence-corrected chi connectivity index (χ4v) is 2.15. The normalized spacial score (nSPS) is 12.1. The van der Waals surface area contributed by atoms with Crippen LogP contribution in [0, 0.1) is 5.41 Å². The summed E-state index contributed by atoms with van der Waals surface area (Å²) in [5.41, 5.74) is 5.41. The smallest absolute Gasteiger partial charge is 0.422 e. The molecule has 0 atom stereocenters. The lowest BCUT2D eigenvalue weighted by Gasteiger charge is -2.28. The second-order valence-corrected chi connectivity index (χ2v) is 5.25. The predicted molar refractivity (Wildman–Crippen MR) is 79.7 cm³/mol. The summed E-state index contributed by atoms with van der Waals surface area (Å²) in [6.07, 6.45) is -1.96. The zero-order valence-corrected chi connectivity index (χ0v) is 13.2. The molecule has 0 radical (unpaired) electrons. The van der Waals surface area contributed by atoms with Crippen LogP contribution in [0.25, 0.3) is 0 Å². The van der Waals surface area contributed by atoms with Gasteiger partial charge in [-0.2, -0.15) is 13.2 Å². The number of carbonyl (C=O) groups excluding carboxylic acids is 1. The standard InChI is InChI=1S/C15H22F3N3O2/c1-3-14(4-2,9-19)13(22)21-8-11-6-5-7-20-12(11)23-10-15(16,17)18/h5-7H,3-4,8-10,19H2,1-2H3,(H,21,22). The van der Waals surface area contributed by atoms with Gasteiger partial charge in [0.15, 0.2) is 6.61 Å². The van der Waals surface area contributed by atoms with Crippen molar-refractivity contribution < 1.29 is 22.7 Å². The number of nitrogens with zero attached hydrogens (tertiary/aromatic N) is 1. The molecule has 8 heteroatoms. The SMILES string of the molecule is CCC(CC)(CN)C(=O)NCc1cccnc1OCC(F)(F)F. The van der Waals surface area contributed by atoms with Gasteiger partial charge in [-0.25, -0.2) is 4.98 Å². The lowest BCUT2D eigenvalue weighted by Crippen LogP contribution is -2.45. The maximum atomic E-state index is 12.3. The lowest BCUT2D eigenvalue weighted by atomic mass is 9.81. The lowest BCUT2D eigenvalue weighted by molar-refractivity contribution is -0.154. The van der Waals surface area contributed by atoms with Crippen LogP contribution in [0.3, 0.4) is 0 Å². The molecule has 1 rings (SSSR count). The molecule has 130 valence electrons. The van der Waals surface area contributed by atoms with E-state index in [1.165, 1.54) is 6.20 Å². The van der Waals surface area contributed by atoms with E-state index in [9.17, 15) is 18.0 Å². The van der Waals surface area contributed by atoms with Gasteiger partial charge in [-0.3, -0.25) is 4.79 Å². The molecule has 0 unspecified atom stereocenters. The Labute approximate surface area is 133 Å². The van der Waals surface area contributed by atoms with Crippen LogP contribution in [0.15, 0.2) is 18.3 Å². The van der Waals surface area contributed by atoms with E-state index in [2.05, 4.69) is 15.0 Å². The van der Waals surface area contributed by atoms with Crippen LogP contribution in [-0.2, 0) is 11.3 Å². The van der Waals surface area contributed by atoms with E-state index in [1.54, 1.807) is 12.1 Å². The van der Waals surface area contributed by atoms with Crippen molar-refractivity contribution in [1.29, 1.82) is 0 Å². The third-order valence-electron chi connectivity index (χ3n) is 3.89. The Balaban J connectivity index is 2.76. The van der Waals surface area contributed by atoms with Crippen molar-refractivity contribution in [3.8, 4) is 5.88 Å². The fraction of sp³-hybridized carbons (Fsp3) is 0.600. The minimum atomic E-state index is -4.45. The zero-order valence-electron chi connectivity index (χ0n) is 13.2. The van der Waals surface area contributed by atoms with Crippen molar-refractivity contribution in [3.63, 3.8) is 0 Å². The molecule has 0 aliphatic heterocycles. The zero-order chi connectivity index (χ0) is 17.5. The second-order valence-electron chi connectivity index (χ2n) is 5.25. The van der Waals surface area contributed by atoms with Gasteiger partial charge in [0.2, 0.25) is 11.8 Å². The Morgan fingerprint density at radius 1 is 1.35 bits per heavy atom. The van der Waals surface area contributed by atoms with Crippen LogP contribution in [0.4, 0.5) is 13.2 Å². The summed E-state index contributed by atoms with van der Waals surface area (Å²) in [5.74, 6) is -0.368. The van der Waals surface area contributed by atoms with Crippen molar-refractivity contribution in [3.05, 3.63) is 23.9 Å². The van der Waals surface area contributed by atoms with E-state index in [4.69, 9.17) is 5.73 Å². The summed E-state index contributed by atoms with van der Waals surface area (Å²) in [7, 11) is 0. The molecular formula is C15H22F3N3O2. The number of nitrogens with one attached hydrogen (secondary N) is 1. The number of pyridine rings is 1. The van der Waals surface area contributed by atoms with Gasteiger partial charge in [0.1, 0.15) is 0 Å². The number of halogens is 3. The third-order valence-corrected chi connectivity index (χ3v) is 3.89. The molecule has 0 aromatic carbocycles. The molecule has 0 bridgehead atoms. The second kappa shape index (κ2) is 8.14. The van der Waals surface area contributed by atoms with Gasteiger partial charge < -0.3 is 15.8 Å². The Morgan fingerprint density at radius 3 is 2.52 bits per heavy atom.